The number of carbonyl (C=O) groups excluding carboxylic acids is 1. The molecule has 2 atom stereocenters. The molecule has 0 radical (unpaired) electrons. The molecule has 1 aromatic heterocycles. The molecule has 1 aliphatic rings. The largest absolute Gasteiger partial charge is 0.329 e. The summed E-state index contributed by atoms with van der Waals surface area (Å²) in [4.78, 5) is 16.6. The summed E-state index contributed by atoms with van der Waals surface area (Å²) in [7, 11) is 0. The summed E-state index contributed by atoms with van der Waals surface area (Å²) in [5.41, 5.74) is 1.76. The second-order valence-corrected chi connectivity index (χ2v) is 14.4. The van der Waals surface area contributed by atoms with Crippen molar-refractivity contribution in [3.63, 3.8) is 0 Å². The van der Waals surface area contributed by atoms with E-state index in [0.717, 1.165) is 67.3 Å². The highest BCUT2D eigenvalue weighted by atomic mass is 32.1. The second-order valence-electron chi connectivity index (χ2n) is 13.6. The van der Waals surface area contributed by atoms with Crippen LogP contribution in [0.3, 0.4) is 0 Å². The topological polar surface area (TPSA) is 25.2 Å². The van der Waals surface area contributed by atoms with E-state index in [1.165, 1.54) is 71.9 Å². The number of hydrogen-bond acceptors (Lipinski definition) is 3. The molecule has 0 saturated carbocycles. The van der Waals surface area contributed by atoms with Gasteiger partial charge in [-0.2, -0.15) is 0 Å². The maximum absolute atomic E-state index is 14.1. The highest BCUT2D eigenvalue weighted by Gasteiger charge is 2.34. The lowest BCUT2D eigenvalue weighted by Gasteiger charge is -2.35. The molecule has 0 N–H and O–H groups in total. The van der Waals surface area contributed by atoms with Crippen LogP contribution in [0.1, 0.15) is 114 Å². The van der Waals surface area contributed by atoms with E-state index in [-0.39, 0.29) is 11.9 Å². The fraction of sp³-hybridized carbons (Fsp3) is 0.390. The first-order chi connectivity index (χ1) is 22.3. The van der Waals surface area contributed by atoms with Gasteiger partial charge in [-0.05, 0) is 65.1 Å². The van der Waals surface area contributed by atoms with Crippen LogP contribution in [0.15, 0.2) is 48.5 Å². The molecule has 3 nitrogen and oxygen atoms in total. The number of nitrogens with zero attached hydrogens (tertiary/aromatic N) is 2. The van der Waals surface area contributed by atoms with E-state index in [4.69, 9.17) is 24.4 Å². The van der Waals surface area contributed by atoms with Gasteiger partial charge >= 0.3 is 0 Å². The molecule has 0 saturated heterocycles. The van der Waals surface area contributed by atoms with Crippen molar-refractivity contribution in [3.8, 4) is 0 Å². The Morgan fingerprint density at radius 2 is 1.09 bits per heavy atom. The molecule has 0 aliphatic carbocycles. The van der Waals surface area contributed by atoms with Gasteiger partial charge in [0.25, 0.3) is 5.91 Å². The van der Waals surface area contributed by atoms with E-state index in [1.807, 2.05) is 11.0 Å². The number of fused-ring (bicyclic) bond motifs is 2. The van der Waals surface area contributed by atoms with Crippen molar-refractivity contribution in [2.24, 2.45) is 0 Å². The van der Waals surface area contributed by atoms with Gasteiger partial charge in [0.05, 0.1) is 0 Å². The molecule has 0 spiro atoms. The van der Waals surface area contributed by atoms with Gasteiger partial charge in [0.15, 0.2) is 0 Å². The van der Waals surface area contributed by atoms with Crippen LogP contribution in [-0.4, -0.2) is 26.4 Å². The van der Waals surface area contributed by atoms with E-state index in [0.29, 0.717) is 11.0 Å². The number of thiocarbonyl (C=S) groups is 1. The smallest absolute Gasteiger partial charge is 0.259 e. The van der Waals surface area contributed by atoms with Crippen molar-refractivity contribution < 1.29 is 4.79 Å². The average Bonchev–Trinajstić information content (AvgIpc) is 3.05. The first-order valence-corrected chi connectivity index (χ1v) is 18.2. The van der Waals surface area contributed by atoms with Crippen molar-refractivity contribution in [3.05, 3.63) is 69.6 Å². The van der Waals surface area contributed by atoms with Crippen molar-refractivity contribution in [1.82, 2.24) is 9.47 Å². The first kappa shape index (κ1) is 31.2. The molecule has 5 heteroatoms. The van der Waals surface area contributed by atoms with Gasteiger partial charge in [-0.1, -0.05) is 139 Å². The summed E-state index contributed by atoms with van der Waals surface area (Å²) in [6, 6.07) is 17.9. The van der Waals surface area contributed by atoms with Gasteiger partial charge in [-0.3, -0.25) is 9.69 Å². The first-order valence-electron chi connectivity index (χ1n) is 17.4. The molecule has 7 rings (SSSR count). The minimum Gasteiger partial charge on any atom is -0.329 e. The monoisotopic (exact) mass is 644 g/mol. The zero-order chi connectivity index (χ0) is 32.3. The van der Waals surface area contributed by atoms with Gasteiger partial charge < -0.3 is 4.57 Å². The Kier molecular flexibility index (Phi) is 8.35. The number of rotatable bonds is 12. The van der Waals surface area contributed by atoms with Crippen LogP contribution in [0.25, 0.3) is 60.4 Å². The highest BCUT2D eigenvalue weighted by Crippen LogP contribution is 2.46. The van der Waals surface area contributed by atoms with Crippen LogP contribution in [-0.2, 0) is 0 Å². The van der Waals surface area contributed by atoms with Crippen molar-refractivity contribution in [2.45, 2.75) is 104 Å². The molecule has 0 unspecified atom stereocenters. The summed E-state index contributed by atoms with van der Waals surface area (Å²) < 4.78 is 3.17. The summed E-state index contributed by atoms with van der Waals surface area (Å²) >= 11 is 12.3. The Hall–Kier alpha value is -3.41. The number of pyridine rings is 1. The second kappa shape index (κ2) is 12.3. The van der Waals surface area contributed by atoms with Crippen LogP contribution in [0.4, 0.5) is 0 Å². The van der Waals surface area contributed by atoms with E-state index in [1.54, 1.807) is 0 Å². The maximum Gasteiger partial charge on any atom is 0.259 e. The molecular weight excluding hydrogens is 601 g/mol. The predicted molar refractivity (Wildman–Crippen MR) is 204 cm³/mol. The van der Waals surface area contributed by atoms with Crippen molar-refractivity contribution in [1.29, 1.82) is 0 Å². The van der Waals surface area contributed by atoms with Crippen LogP contribution in [0.5, 0.6) is 0 Å². The molecular formula is C41H44N2OS2. The van der Waals surface area contributed by atoms with Gasteiger partial charge in [0.2, 0.25) is 0 Å². The van der Waals surface area contributed by atoms with E-state index < -0.39 is 0 Å². The van der Waals surface area contributed by atoms with Crippen LogP contribution in [0, 0.1) is 4.64 Å². The third-order valence-corrected chi connectivity index (χ3v) is 11.5. The quantitative estimate of drug-likeness (QED) is 0.0574. The van der Waals surface area contributed by atoms with E-state index in [9.17, 15) is 4.79 Å². The number of unbranched alkanes of at least 4 members (excludes halogenated alkanes) is 6. The fourth-order valence-electron chi connectivity index (χ4n) is 8.26. The molecule has 46 heavy (non-hydrogen) atoms. The zero-order valence-electron chi connectivity index (χ0n) is 27.7. The molecule has 1 amide bonds. The molecule has 236 valence electrons. The lowest BCUT2D eigenvalue weighted by Crippen LogP contribution is -2.45. The Morgan fingerprint density at radius 3 is 1.70 bits per heavy atom. The molecule has 0 fully saturated rings. The van der Waals surface area contributed by atoms with Gasteiger partial charge in [0.1, 0.15) is 9.63 Å². The lowest BCUT2D eigenvalue weighted by atomic mass is 9.83. The SMILES string of the molecule is C=c1c2ccc3c4ccc5c6c(ccc(c7ccc(c(=S)n1[C@@H](C)CCCCCC)c2c37)c64)C(=O)N([C@@H](C)CCCCCC)C5=S. The third kappa shape index (κ3) is 4.68. The normalized spacial score (nSPS) is 15.0. The number of hydrogen-bond donors (Lipinski definition) is 0. The molecule has 2 heterocycles. The standard InChI is InChI=1S/C41H44N2OS2/c1-6-8-10-12-14-24(3)42-26(5)27-16-17-28-31-20-23-34-38-32(39(44)43(41(34)46)25(4)15-13-11-9-7-2)21-18-29(37(31)38)30-19-22-33(40(42)45)35(27)36(28)30/h16-25H,5-15H2,1-4H3/t24-,25-/m0/s1. The van der Waals surface area contributed by atoms with Crippen LogP contribution < -0.4 is 5.35 Å². The van der Waals surface area contributed by atoms with Crippen molar-refractivity contribution in [2.75, 3.05) is 0 Å². The lowest BCUT2D eigenvalue weighted by molar-refractivity contribution is 0.0807. The minimum atomic E-state index is 0.0331. The Bertz CT molecular complexity index is 2130. The van der Waals surface area contributed by atoms with Crippen LogP contribution >= 0.6 is 24.4 Å². The highest BCUT2D eigenvalue weighted by molar-refractivity contribution is 7.80. The van der Waals surface area contributed by atoms with Gasteiger partial charge in [0, 0.05) is 50.1 Å². The minimum absolute atomic E-state index is 0.0331. The maximum atomic E-state index is 14.1. The van der Waals surface area contributed by atoms with Crippen LogP contribution in [0.2, 0.25) is 0 Å². The Balaban J connectivity index is 1.41. The summed E-state index contributed by atoms with van der Waals surface area (Å²) in [6.07, 6.45) is 11.8. The van der Waals surface area contributed by atoms with Gasteiger partial charge in [-0.15, -0.1) is 0 Å². The fourth-order valence-corrected chi connectivity index (χ4v) is 9.15. The average molecular weight is 645 g/mol. The van der Waals surface area contributed by atoms with E-state index in [2.05, 4.69) is 81.3 Å². The molecule has 6 aromatic rings. The molecule has 1 aliphatic heterocycles. The Labute approximate surface area is 282 Å². The number of benzene rings is 5. The number of amides is 1. The van der Waals surface area contributed by atoms with E-state index >= 15 is 0 Å². The number of carbonyl (C=O) groups is 1. The predicted octanol–water partition coefficient (Wildman–Crippen LogP) is 11.6. The van der Waals surface area contributed by atoms with Gasteiger partial charge in [-0.25, -0.2) is 0 Å². The summed E-state index contributed by atoms with van der Waals surface area (Å²) in [5, 5.41) is 12.5. The molecule has 0 bridgehead atoms. The number of aromatic nitrogens is 1. The zero-order valence-corrected chi connectivity index (χ0v) is 29.3. The Morgan fingerprint density at radius 1 is 0.609 bits per heavy atom. The summed E-state index contributed by atoms with van der Waals surface area (Å²) in [6.45, 7) is 13.5. The summed E-state index contributed by atoms with van der Waals surface area (Å²) in [5.74, 6) is 0.0331. The molecule has 5 aromatic carbocycles. The van der Waals surface area contributed by atoms with Crippen molar-refractivity contribution >= 4 is 95.8 Å². The third-order valence-electron chi connectivity index (χ3n) is 10.7.